The van der Waals surface area contributed by atoms with Crippen LogP contribution < -0.4 is 5.32 Å². The number of morpholine rings is 1. The zero-order valence-corrected chi connectivity index (χ0v) is 17.2. The van der Waals surface area contributed by atoms with Gasteiger partial charge in [-0.05, 0) is 56.2 Å². The summed E-state index contributed by atoms with van der Waals surface area (Å²) < 4.78 is 5.31. The van der Waals surface area contributed by atoms with E-state index >= 15 is 0 Å². The van der Waals surface area contributed by atoms with Gasteiger partial charge in [0.15, 0.2) is 0 Å². The summed E-state index contributed by atoms with van der Waals surface area (Å²) in [6.45, 7) is 8.35. The zero-order chi connectivity index (χ0) is 19.9. The Bertz CT molecular complexity index is 647. The van der Waals surface area contributed by atoms with Crippen molar-refractivity contribution in [1.29, 1.82) is 0 Å². The Morgan fingerprint density at radius 1 is 1.07 bits per heavy atom. The number of hydrogen-bond acceptors (Lipinski definition) is 3. The number of urea groups is 1. The van der Waals surface area contributed by atoms with E-state index in [9.17, 15) is 9.59 Å². The van der Waals surface area contributed by atoms with Crippen LogP contribution in [0, 0.1) is 5.92 Å². The summed E-state index contributed by atoms with van der Waals surface area (Å²) in [5, 5.41) is 3.05. The maximum atomic E-state index is 12.5. The molecule has 2 fully saturated rings. The third-order valence-electron chi connectivity index (χ3n) is 5.91. The maximum Gasteiger partial charge on any atom is 0.317 e. The minimum absolute atomic E-state index is 0.0683. The second kappa shape index (κ2) is 9.92. The van der Waals surface area contributed by atoms with Crippen LogP contribution in [0.25, 0.3) is 0 Å². The summed E-state index contributed by atoms with van der Waals surface area (Å²) in [4.78, 5) is 28.6. The van der Waals surface area contributed by atoms with Crippen molar-refractivity contribution >= 4 is 11.9 Å². The number of hydrogen-bond donors (Lipinski definition) is 1. The van der Waals surface area contributed by atoms with Crippen molar-refractivity contribution in [3.8, 4) is 0 Å². The molecular weight excluding hydrogens is 354 g/mol. The van der Waals surface area contributed by atoms with Gasteiger partial charge in [-0.3, -0.25) is 4.79 Å². The molecule has 1 atom stereocenters. The number of amides is 3. The molecule has 0 saturated carbocycles. The highest BCUT2D eigenvalue weighted by Crippen LogP contribution is 2.22. The molecule has 0 radical (unpaired) electrons. The molecule has 154 valence electrons. The first kappa shape index (κ1) is 20.6. The van der Waals surface area contributed by atoms with Crippen LogP contribution in [-0.4, -0.2) is 67.2 Å². The van der Waals surface area contributed by atoms with Gasteiger partial charge in [0, 0.05) is 37.8 Å². The molecule has 0 aliphatic carbocycles. The van der Waals surface area contributed by atoms with Gasteiger partial charge in [0.25, 0.3) is 5.91 Å². The van der Waals surface area contributed by atoms with E-state index in [0.29, 0.717) is 32.2 Å². The lowest BCUT2D eigenvalue weighted by Gasteiger charge is -2.33. The lowest BCUT2D eigenvalue weighted by atomic mass is 9.90. The molecule has 0 bridgehead atoms. The lowest BCUT2D eigenvalue weighted by Crippen LogP contribution is -2.47. The van der Waals surface area contributed by atoms with Crippen LogP contribution in [0.5, 0.6) is 0 Å². The van der Waals surface area contributed by atoms with Crippen molar-refractivity contribution in [3.05, 3.63) is 35.4 Å². The van der Waals surface area contributed by atoms with Gasteiger partial charge >= 0.3 is 6.03 Å². The predicted molar refractivity (Wildman–Crippen MR) is 109 cm³/mol. The SMILES string of the molecule is CCC(C)NC(=O)N1CCC(Cc2ccc(C(=O)N3CCOCC3)cc2)CC1. The van der Waals surface area contributed by atoms with Crippen LogP contribution in [0.3, 0.4) is 0 Å². The van der Waals surface area contributed by atoms with E-state index < -0.39 is 0 Å². The van der Waals surface area contributed by atoms with Crippen molar-refractivity contribution in [2.45, 2.75) is 45.6 Å². The van der Waals surface area contributed by atoms with Crippen molar-refractivity contribution in [1.82, 2.24) is 15.1 Å². The van der Waals surface area contributed by atoms with Crippen LogP contribution in [-0.2, 0) is 11.2 Å². The summed E-state index contributed by atoms with van der Waals surface area (Å²) in [5.74, 6) is 0.684. The van der Waals surface area contributed by atoms with E-state index in [-0.39, 0.29) is 18.0 Å². The fraction of sp³-hybridized carbons (Fsp3) is 0.636. The summed E-state index contributed by atoms with van der Waals surface area (Å²) >= 11 is 0. The second-order valence-electron chi connectivity index (χ2n) is 7.99. The van der Waals surface area contributed by atoms with Gasteiger partial charge in [0.2, 0.25) is 0 Å². The fourth-order valence-electron chi connectivity index (χ4n) is 3.81. The first-order valence-electron chi connectivity index (χ1n) is 10.6. The number of rotatable bonds is 5. The normalized spacial score (nSPS) is 19.4. The van der Waals surface area contributed by atoms with Crippen molar-refractivity contribution in [3.63, 3.8) is 0 Å². The summed E-state index contributed by atoms with van der Waals surface area (Å²) in [7, 11) is 0. The van der Waals surface area contributed by atoms with Gasteiger partial charge in [0.05, 0.1) is 13.2 Å². The van der Waals surface area contributed by atoms with E-state index in [2.05, 4.69) is 24.4 Å². The van der Waals surface area contributed by atoms with Crippen LogP contribution in [0.15, 0.2) is 24.3 Å². The molecule has 2 aliphatic rings. The molecule has 0 aromatic heterocycles. The smallest absolute Gasteiger partial charge is 0.317 e. The third kappa shape index (κ3) is 5.47. The molecule has 2 heterocycles. The monoisotopic (exact) mass is 387 g/mol. The van der Waals surface area contributed by atoms with Gasteiger partial charge in [-0.1, -0.05) is 19.1 Å². The number of nitrogens with one attached hydrogen (secondary N) is 1. The summed E-state index contributed by atoms with van der Waals surface area (Å²) in [5.41, 5.74) is 2.02. The summed E-state index contributed by atoms with van der Waals surface area (Å²) in [6.07, 6.45) is 4.02. The number of nitrogens with zero attached hydrogens (tertiary/aromatic N) is 2. The first-order valence-corrected chi connectivity index (χ1v) is 10.6. The van der Waals surface area contributed by atoms with Gasteiger partial charge in [0.1, 0.15) is 0 Å². The molecule has 28 heavy (non-hydrogen) atoms. The molecule has 3 amide bonds. The minimum atomic E-state index is 0.0683. The predicted octanol–water partition coefficient (Wildman–Crippen LogP) is 2.92. The topological polar surface area (TPSA) is 61.9 Å². The minimum Gasteiger partial charge on any atom is -0.378 e. The van der Waals surface area contributed by atoms with Crippen LogP contribution in [0.1, 0.15) is 49.0 Å². The Hall–Kier alpha value is -2.08. The molecule has 6 heteroatoms. The maximum absolute atomic E-state index is 12.5. The van der Waals surface area contributed by atoms with E-state index in [1.807, 2.05) is 28.9 Å². The molecule has 3 rings (SSSR count). The Labute approximate surface area is 168 Å². The average Bonchev–Trinajstić information content (AvgIpc) is 2.74. The fourth-order valence-corrected chi connectivity index (χ4v) is 3.81. The Morgan fingerprint density at radius 3 is 2.32 bits per heavy atom. The van der Waals surface area contributed by atoms with Crippen molar-refractivity contribution < 1.29 is 14.3 Å². The number of benzene rings is 1. The molecular formula is C22H33N3O3. The highest BCUT2D eigenvalue weighted by Gasteiger charge is 2.24. The van der Waals surface area contributed by atoms with E-state index in [0.717, 1.165) is 44.3 Å². The molecule has 1 aromatic carbocycles. The lowest BCUT2D eigenvalue weighted by molar-refractivity contribution is 0.0303. The van der Waals surface area contributed by atoms with Gasteiger partial charge < -0.3 is 19.9 Å². The number of likely N-dealkylation sites (tertiary alicyclic amines) is 1. The number of ether oxygens (including phenoxy) is 1. The Kier molecular flexibility index (Phi) is 7.31. The van der Waals surface area contributed by atoms with E-state index in [1.54, 1.807) is 0 Å². The Morgan fingerprint density at radius 2 is 1.71 bits per heavy atom. The highest BCUT2D eigenvalue weighted by atomic mass is 16.5. The van der Waals surface area contributed by atoms with Crippen molar-refractivity contribution in [2.75, 3.05) is 39.4 Å². The van der Waals surface area contributed by atoms with Gasteiger partial charge in [-0.15, -0.1) is 0 Å². The third-order valence-corrected chi connectivity index (χ3v) is 5.91. The summed E-state index contributed by atoms with van der Waals surface area (Å²) in [6, 6.07) is 8.34. The highest BCUT2D eigenvalue weighted by molar-refractivity contribution is 5.94. The average molecular weight is 388 g/mol. The molecule has 2 aliphatic heterocycles. The van der Waals surface area contributed by atoms with Gasteiger partial charge in [-0.2, -0.15) is 0 Å². The van der Waals surface area contributed by atoms with Crippen LogP contribution in [0.4, 0.5) is 4.79 Å². The van der Waals surface area contributed by atoms with Gasteiger partial charge in [-0.25, -0.2) is 4.79 Å². The molecule has 0 spiro atoms. The molecule has 1 aromatic rings. The number of carbonyl (C=O) groups is 2. The molecule has 1 N–H and O–H groups in total. The number of piperidine rings is 1. The molecule has 1 unspecified atom stereocenters. The quantitative estimate of drug-likeness (QED) is 0.845. The first-order chi connectivity index (χ1) is 13.6. The Balaban J connectivity index is 1.46. The van der Waals surface area contributed by atoms with E-state index in [1.165, 1.54) is 5.56 Å². The number of carbonyl (C=O) groups excluding carboxylic acids is 2. The van der Waals surface area contributed by atoms with E-state index in [4.69, 9.17) is 4.74 Å². The molecule has 6 nitrogen and oxygen atoms in total. The van der Waals surface area contributed by atoms with Crippen LogP contribution >= 0.6 is 0 Å². The zero-order valence-electron chi connectivity index (χ0n) is 17.2. The largest absolute Gasteiger partial charge is 0.378 e. The van der Waals surface area contributed by atoms with Crippen molar-refractivity contribution in [2.24, 2.45) is 5.92 Å². The standard InChI is InChI=1S/C22H33N3O3/c1-3-17(2)23-22(27)25-10-8-19(9-11-25)16-18-4-6-20(7-5-18)21(26)24-12-14-28-15-13-24/h4-7,17,19H,3,8-16H2,1-2H3,(H,23,27). The van der Waals surface area contributed by atoms with Crippen LogP contribution in [0.2, 0.25) is 0 Å². The second-order valence-corrected chi connectivity index (χ2v) is 7.99. The molecule has 2 saturated heterocycles.